The summed E-state index contributed by atoms with van der Waals surface area (Å²) < 4.78 is 47.2. The molecule has 9 nitrogen and oxygen atoms in total. The van der Waals surface area contributed by atoms with Gasteiger partial charge in [-0.25, -0.2) is 0 Å². The Morgan fingerprint density at radius 1 is 1.04 bits per heavy atom. The molecule has 1 fully saturated rings. The maximum atomic E-state index is 12.0. The summed E-state index contributed by atoms with van der Waals surface area (Å²) in [5.74, 6) is -0.544. The van der Waals surface area contributed by atoms with Crippen molar-refractivity contribution in [1.29, 1.82) is 0 Å². The van der Waals surface area contributed by atoms with Gasteiger partial charge >= 0.3 is 5.97 Å². The number of esters is 1. The van der Waals surface area contributed by atoms with Crippen molar-refractivity contribution in [3.8, 4) is 0 Å². The first-order valence-corrected chi connectivity index (χ1v) is 10.2. The lowest BCUT2D eigenvalue weighted by atomic mass is 9.86. The molecule has 0 spiro atoms. The predicted molar refractivity (Wildman–Crippen MR) is 89.3 cm³/mol. The number of hydrogen-bond donors (Lipinski definition) is 1. The standard InChI is InChI=1S/C15H29NO8S/c1-20-6-7-21-8-9-22-10-11-23-15(17)13-4-3-5-14(12-13)16-24-25(2,18)19/h13-14,16H,3-12H2,1-2H3. The van der Waals surface area contributed by atoms with E-state index in [2.05, 4.69) is 9.76 Å². The van der Waals surface area contributed by atoms with E-state index < -0.39 is 10.1 Å². The molecule has 1 rings (SSSR count). The van der Waals surface area contributed by atoms with Gasteiger partial charge in [0.05, 0.1) is 45.2 Å². The van der Waals surface area contributed by atoms with Crippen LogP contribution in [-0.4, -0.2) is 73.4 Å². The molecule has 1 saturated carbocycles. The maximum absolute atomic E-state index is 12.0. The zero-order valence-corrected chi connectivity index (χ0v) is 15.7. The molecule has 10 heteroatoms. The summed E-state index contributed by atoms with van der Waals surface area (Å²) in [4.78, 5) is 12.0. The number of nitrogens with one attached hydrogen (secondary N) is 1. The highest BCUT2D eigenvalue weighted by Crippen LogP contribution is 2.25. The van der Waals surface area contributed by atoms with Crippen molar-refractivity contribution in [2.24, 2.45) is 5.92 Å². The molecule has 0 saturated heterocycles. The first-order valence-electron chi connectivity index (χ1n) is 8.37. The number of hydrogen-bond acceptors (Lipinski definition) is 9. The summed E-state index contributed by atoms with van der Waals surface area (Å²) in [5, 5.41) is 0. The summed E-state index contributed by atoms with van der Waals surface area (Å²) >= 11 is 0. The average molecular weight is 383 g/mol. The highest BCUT2D eigenvalue weighted by Gasteiger charge is 2.29. The highest BCUT2D eigenvalue weighted by molar-refractivity contribution is 7.85. The number of methoxy groups -OCH3 is 1. The molecule has 2 unspecified atom stereocenters. The van der Waals surface area contributed by atoms with Gasteiger partial charge in [0.2, 0.25) is 0 Å². The van der Waals surface area contributed by atoms with Gasteiger partial charge in [0.15, 0.2) is 0 Å². The fraction of sp³-hybridized carbons (Fsp3) is 0.933. The third kappa shape index (κ3) is 11.4. The summed E-state index contributed by atoms with van der Waals surface area (Å²) in [5.41, 5.74) is 2.51. The molecule has 0 radical (unpaired) electrons. The Bertz CT molecular complexity index is 470. The van der Waals surface area contributed by atoms with Crippen molar-refractivity contribution in [1.82, 2.24) is 5.48 Å². The van der Waals surface area contributed by atoms with Gasteiger partial charge in [-0.05, 0) is 19.3 Å². The first-order chi connectivity index (χ1) is 11.9. The quantitative estimate of drug-likeness (QED) is 0.272. The van der Waals surface area contributed by atoms with Crippen molar-refractivity contribution < 1.29 is 36.4 Å². The lowest BCUT2D eigenvalue weighted by Gasteiger charge is -2.27. The van der Waals surface area contributed by atoms with Crippen molar-refractivity contribution >= 4 is 16.1 Å². The molecule has 0 heterocycles. The van der Waals surface area contributed by atoms with Crippen molar-refractivity contribution in [2.75, 3.05) is 53.0 Å². The molecule has 1 aliphatic rings. The SMILES string of the molecule is COCCOCCOCCOC(=O)C1CCCC(NOS(C)(=O)=O)C1. The van der Waals surface area contributed by atoms with Crippen LogP contribution in [0.1, 0.15) is 25.7 Å². The van der Waals surface area contributed by atoms with Crippen LogP contribution in [-0.2, 0) is 38.1 Å². The highest BCUT2D eigenvalue weighted by atomic mass is 32.2. The normalized spacial score (nSPS) is 21.2. The minimum absolute atomic E-state index is 0.179. The fourth-order valence-electron chi connectivity index (χ4n) is 2.45. The van der Waals surface area contributed by atoms with Gasteiger partial charge in [0, 0.05) is 13.2 Å². The molecule has 0 bridgehead atoms. The summed E-state index contributed by atoms with van der Waals surface area (Å²) in [6, 6.07) is -0.179. The molecule has 2 atom stereocenters. The molecule has 25 heavy (non-hydrogen) atoms. The largest absolute Gasteiger partial charge is 0.463 e. The Labute approximate surface area is 149 Å². The summed E-state index contributed by atoms with van der Waals surface area (Å²) in [6.45, 7) is 2.46. The van der Waals surface area contributed by atoms with E-state index in [4.69, 9.17) is 18.9 Å². The van der Waals surface area contributed by atoms with E-state index in [1.165, 1.54) is 0 Å². The third-order valence-corrected chi connectivity index (χ3v) is 4.05. The Balaban J connectivity index is 2.09. The smallest absolute Gasteiger partial charge is 0.309 e. The molecular weight excluding hydrogens is 354 g/mol. The average Bonchev–Trinajstić information content (AvgIpc) is 2.58. The van der Waals surface area contributed by atoms with Crippen molar-refractivity contribution in [3.05, 3.63) is 0 Å². The van der Waals surface area contributed by atoms with Gasteiger partial charge in [0.25, 0.3) is 10.1 Å². The van der Waals surface area contributed by atoms with E-state index in [1.807, 2.05) is 0 Å². The number of carbonyl (C=O) groups is 1. The summed E-state index contributed by atoms with van der Waals surface area (Å²) in [6.07, 6.45) is 3.75. The van der Waals surface area contributed by atoms with Crippen molar-refractivity contribution in [3.63, 3.8) is 0 Å². The van der Waals surface area contributed by atoms with Gasteiger partial charge < -0.3 is 18.9 Å². The van der Waals surface area contributed by atoms with Gasteiger partial charge in [0.1, 0.15) is 6.61 Å². The lowest BCUT2D eigenvalue weighted by Crippen LogP contribution is -2.38. The molecule has 0 aromatic rings. The topological polar surface area (TPSA) is 109 Å². The second kappa shape index (κ2) is 12.6. The van der Waals surface area contributed by atoms with Crippen LogP contribution in [0.4, 0.5) is 0 Å². The van der Waals surface area contributed by atoms with Crippen LogP contribution in [0.2, 0.25) is 0 Å². The van der Waals surface area contributed by atoms with Crippen molar-refractivity contribution in [2.45, 2.75) is 31.7 Å². The fourth-order valence-corrected chi connectivity index (χ4v) is 2.76. The van der Waals surface area contributed by atoms with Crippen LogP contribution in [0.3, 0.4) is 0 Å². The minimum Gasteiger partial charge on any atom is -0.463 e. The molecular formula is C15H29NO8S. The van der Waals surface area contributed by atoms with Crippen LogP contribution < -0.4 is 5.48 Å². The number of ether oxygens (including phenoxy) is 4. The first kappa shape index (κ1) is 22.3. The number of carbonyl (C=O) groups excluding carboxylic acids is 1. The molecule has 0 aromatic heterocycles. The molecule has 1 N–H and O–H groups in total. The van der Waals surface area contributed by atoms with E-state index in [1.54, 1.807) is 7.11 Å². The van der Waals surface area contributed by atoms with Crippen LogP contribution in [0.5, 0.6) is 0 Å². The van der Waals surface area contributed by atoms with E-state index in [9.17, 15) is 13.2 Å². The second-order valence-corrected chi connectivity index (χ2v) is 7.43. The van der Waals surface area contributed by atoms with Crippen LogP contribution in [0.25, 0.3) is 0 Å². The summed E-state index contributed by atoms with van der Waals surface area (Å²) in [7, 11) is -1.94. The van der Waals surface area contributed by atoms with Gasteiger partial charge in [-0.1, -0.05) is 6.42 Å². The van der Waals surface area contributed by atoms with Gasteiger partial charge in [-0.3, -0.25) is 4.79 Å². The maximum Gasteiger partial charge on any atom is 0.309 e. The Hall–Kier alpha value is -0.780. The number of rotatable bonds is 13. The Kier molecular flexibility index (Phi) is 11.2. The lowest BCUT2D eigenvalue weighted by molar-refractivity contribution is -0.151. The van der Waals surface area contributed by atoms with E-state index in [0.717, 1.165) is 25.5 Å². The van der Waals surface area contributed by atoms with Gasteiger partial charge in [-0.2, -0.15) is 18.2 Å². The van der Waals surface area contributed by atoms with Crippen LogP contribution in [0.15, 0.2) is 0 Å². The second-order valence-electron chi connectivity index (χ2n) is 5.85. The molecule has 0 aromatic carbocycles. The predicted octanol–water partition coefficient (Wildman–Crippen LogP) is 0.249. The van der Waals surface area contributed by atoms with E-state index >= 15 is 0 Å². The van der Waals surface area contributed by atoms with Crippen LogP contribution >= 0.6 is 0 Å². The molecule has 1 aliphatic carbocycles. The third-order valence-electron chi connectivity index (χ3n) is 3.65. The van der Waals surface area contributed by atoms with E-state index in [-0.39, 0.29) is 24.5 Å². The minimum atomic E-state index is -3.55. The number of hydroxylamine groups is 1. The Morgan fingerprint density at radius 3 is 2.32 bits per heavy atom. The zero-order valence-electron chi connectivity index (χ0n) is 14.9. The van der Waals surface area contributed by atoms with Gasteiger partial charge in [-0.15, -0.1) is 0 Å². The molecule has 0 amide bonds. The van der Waals surface area contributed by atoms with E-state index in [0.29, 0.717) is 39.5 Å². The zero-order chi connectivity index (χ0) is 18.5. The molecule has 148 valence electrons. The van der Waals surface area contributed by atoms with Crippen LogP contribution in [0, 0.1) is 5.92 Å². The Morgan fingerprint density at radius 2 is 1.68 bits per heavy atom. The monoisotopic (exact) mass is 383 g/mol. The molecule has 0 aliphatic heterocycles.